The van der Waals surface area contributed by atoms with Crippen LogP contribution in [0.3, 0.4) is 0 Å². The second-order valence-corrected chi connectivity index (χ2v) is 10.8. The number of aryl methyl sites for hydroxylation is 2. The summed E-state index contributed by atoms with van der Waals surface area (Å²) < 4.78 is 0. The zero-order chi connectivity index (χ0) is 23.8. The number of rotatable bonds is 5. The maximum atomic E-state index is 13.2. The van der Waals surface area contributed by atoms with Crippen LogP contribution >= 0.6 is 0 Å². The molecule has 1 saturated carbocycles. The van der Waals surface area contributed by atoms with Gasteiger partial charge in [-0.15, -0.1) is 0 Å². The number of hydrogen-bond acceptors (Lipinski definition) is 3. The van der Waals surface area contributed by atoms with Crippen molar-refractivity contribution >= 4 is 5.78 Å². The molecule has 34 heavy (non-hydrogen) atoms. The van der Waals surface area contributed by atoms with Crippen LogP contribution in [0.1, 0.15) is 77.3 Å². The molecule has 2 aliphatic rings. The van der Waals surface area contributed by atoms with Gasteiger partial charge >= 0.3 is 0 Å². The number of nitrogens with zero attached hydrogens (tertiary/aromatic N) is 1. The fourth-order valence-corrected chi connectivity index (χ4v) is 6.52. The molecule has 2 aromatic carbocycles. The zero-order valence-electron chi connectivity index (χ0n) is 20.4. The van der Waals surface area contributed by atoms with Crippen molar-refractivity contribution in [1.29, 1.82) is 0 Å². The molecule has 1 fully saturated rings. The minimum atomic E-state index is -0.590. The predicted molar refractivity (Wildman–Crippen MR) is 136 cm³/mol. The van der Waals surface area contributed by atoms with E-state index >= 15 is 0 Å². The summed E-state index contributed by atoms with van der Waals surface area (Å²) in [5.41, 5.74) is 6.23. The van der Waals surface area contributed by atoms with Gasteiger partial charge in [0, 0.05) is 29.3 Å². The summed E-state index contributed by atoms with van der Waals surface area (Å²) in [7, 11) is 0. The first-order valence-electron chi connectivity index (χ1n) is 12.7. The van der Waals surface area contributed by atoms with Crippen molar-refractivity contribution in [2.75, 3.05) is 0 Å². The van der Waals surface area contributed by atoms with Crippen LogP contribution in [0.4, 0.5) is 0 Å². The molecule has 0 spiro atoms. The van der Waals surface area contributed by atoms with Gasteiger partial charge < -0.3 is 5.11 Å². The molecule has 0 radical (unpaired) electrons. The van der Waals surface area contributed by atoms with Crippen LogP contribution in [0.2, 0.25) is 0 Å². The van der Waals surface area contributed by atoms with Crippen LogP contribution in [0.15, 0.2) is 66.9 Å². The van der Waals surface area contributed by atoms with Gasteiger partial charge in [-0.25, -0.2) is 0 Å². The van der Waals surface area contributed by atoms with Crippen LogP contribution < -0.4 is 0 Å². The molecule has 0 amide bonds. The van der Waals surface area contributed by atoms with E-state index in [0.717, 1.165) is 61.8 Å². The smallest absolute Gasteiger partial charge is 0.167 e. The van der Waals surface area contributed by atoms with Crippen molar-refractivity contribution in [3.8, 4) is 0 Å². The van der Waals surface area contributed by atoms with Crippen molar-refractivity contribution in [1.82, 2.24) is 4.98 Å². The number of fused-ring (bicyclic) bond motifs is 3. The highest BCUT2D eigenvalue weighted by Gasteiger charge is 2.49. The molecule has 1 heterocycles. The number of aromatic nitrogens is 1. The molecule has 5 rings (SSSR count). The molecular formula is C31H35NO2. The Labute approximate surface area is 203 Å². The normalized spacial score (nSPS) is 26.3. The standard InChI is InChI=1S/C31H35NO2/c1-22-24(11-7-17-32-22)19-29(33)26-13-14-28-25(18-26)10-6-12-27-21-30(2,34)15-16-31(27,28)20-23-8-4-3-5-9-23/h3-5,7-9,11,13-14,17-18,27,34H,6,10,12,15-16,19-21H2,1-2H3/t27-,30+,31+/m1/s1. The van der Waals surface area contributed by atoms with E-state index in [-0.39, 0.29) is 11.2 Å². The summed E-state index contributed by atoms with van der Waals surface area (Å²) in [6, 6.07) is 21.2. The zero-order valence-corrected chi connectivity index (χ0v) is 20.4. The van der Waals surface area contributed by atoms with E-state index < -0.39 is 5.60 Å². The molecule has 3 heteroatoms. The minimum Gasteiger partial charge on any atom is -0.390 e. The summed E-state index contributed by atoms with van der Waals surface area (Å²) >= 11 is 0. The molecule has 1 N–H and O–H groups in total. The Morgan fingerprint density at radius 1 is 1.09 bits per heavy atom. The van der Waals surface area contributed by atoms with Gasteiger partial charge in [-0.1, -0.05) is 48.5 Å². The fraction of sp³-hybridized carbons (Fsp3) is 0.419. The Bertz CT molecular complexity index is 1180. The fourth-order valence-electron chi connectivity index (χ4n) is 6.52. The Balaban J connectivity index is 1.52. The molecule has 3 nitrogen and oxygen atoms in total. The van der Waals surface area contributed by atoms with Crippen molar-refractivity contribution < 1.29 is 9.90 Å². The second kappa shape index (κ2) is 9.11. The van der Waals surface area contributed by atoms with E-state index in [4.69, 9.17) is 0 Å². The number of ketones is 1. The average molecular weight is 454 g/mol. The first-order chi connectivity index (χ1) is 16.4. The summed E-state index contributed by atoms with van der Waals surface area (Å²) in [6.07, 6.45) is 9.02. The maximum Gasteiger partial charge on any atom is 0.167 e. The minimum absolute atomic E-state index is 0.0109. The van der Waals surface area contributed by atoms with Gasteiger partial charge in [-0.3, -0.25) is 9.78 Å². The lowest BCUT2D eigenvalue weighted by atomic mass is 9.56. The number of carbonyl (C=O) groups is 1. The second-order valence-electron chi connectivity index (χ2n) is 10.8. The quantitative estimate of drug-likeness (QED) is 0.469. The molecule has 0 unspecified atom stereocenters. The molecule has 1 aromatic heterocycles. The van der Waals surface area contributed by atoms with E-state index in [1.807, 2.05) is 26.0 Å². The summed E-state index contributed by atoms with van der Waals surface area (Å²) in [6.45, 7) is 3.97. The SMILES string of the molecule is Cc1ncccc1CC(=O)c1ccc2c(c1)CCC[C@@H]1C[C@@](C)(O)CC[C@@]21Cc1ccccc1. The Morgan fingerprint density at radius 3 is 2.71 bits per heavy atom. The van der Waals surface area contributed by atoms with Crippen LogP contribution in [0, 0.1) is 12.8 Å². The first kappa shape index (κ1) is 23.0. The third-order valence-electron chi connectivity index (χ3n) is 8.37. The van der Waals surface area contributed by atoms with Gasteiger partial charge in [0.25, 0.3) is 0 Å². The molecule has 3 aromatic rings. The maximum absolute atomic E-state index is 13.2. The lowest BCUT2D eigenvalue weighted by Gasteiger charge is -2.49. The van der Waals surface area contributed by atoms with Gasteiger partial charge in [0.2, 0.25) is 0 Å². The van der Waals surface area contributed by atoms with Crippen LogP contribution in [0.5, 0.6) is 0 Å². The summed E-state index contributed by atoms with van der Waals surface area (Å²) in [5, 5.41) is 11.0. The molecule has 176 valence electrons. The Morgan fingerprint density at radius 2 is 1.91 bits per heavy atom. The highest BCUT2D eigenvalue weighted by Crippen LogP contribution is 2.53. The largest absolute Gasteiger partial charge is 0.390 e. The van der Waals surface area contributed by atoms with Crippen LogP contribution in [-0.2, 0) is 24.7 Å². The number of hydrogen-bond donors (Lipinski definition) is 1. The van der Waals surface area contributed by atoms with Gasteiger partial charge in [0.05, 0.1) is 5.60 Å². The number of pyridine rings is 1. The van der Waals surface area contributed by atoms with Crippen LogP contribution in [-0.4, -0.2) is 21.5 Å². The monoisotopic (exact) mass is 453 g/mol. The van der Waals surface area contributed by atoms with Crippen molar-refractivity contribution in [2.45, 2.75) is 76.2 Å². The average Bonchev–Trinajstić information content (AvgIpc) is 2.97. The summed E-state index contributed by atoms with van der Waals surface area (Å²) in [4.78, 5) is 17.6. The van der Waals surface area contributed by atoms with E-state index in [1.54, 1.807) is 6.20 Å². The third kappa shape index (κ3) is 4.46. The van der Waals surface area contributed by atoms with Gasteiger partial charge in [0.1, 0.15) is 0 Å². The molecular weight excluding hydrogens is 418 g/mol. The number of Topliss-reactive ketones (excluding diaryl/α,β-unsaturated/α-hetero) is 1. The topological polar surface area (TPSA) is 50.2 Å². The molecule has 0 bridgehead atoms. The number of carbonyl (C=O) groups excluding carboxylic acids is 1. The lowest BCUT2D eigenvalue weighted by molar-refractivity contribution is -0.0330. The van der Waals surface area contributed by atoms with Gasteiger partial charge in [-0.05, 0) is 99.1 Å². The van der Waals surface area contributed by atoms with Gasteiger partial charge in [0.15, 0.2) is 5.78 Å². The van der Waals surface area contributed by atoms with Crippen molar-refractivity contribution in [2.24, 2.45) is 5.92 Å². The number of benzene rings is 2. The van der Waals surface area contributed by atoms with E-state index in [0.29, 0.717) is 12.3 Å². The third-order valence-corrected chi connectivity index (χ3v) is 8.37. The predicted octanol–water partition coefficient (Wildman–Crippen LogP) is 6.18. The molecule has 3 atom stereocenters. The van der Waals surface area contributed by atoms with Crippen molar-refractivity contribution in [3.05, 3.63) is 100 Å². The molecule has 2 aliphatic carbocycles. The first-order valence-corrected chi connectivity index (χ1v) is 12.7. The van der Waals surface area contributed by atoms with Crippen molar-refractivity contribution in [3.63, 3.8) is 0 Å². The highest BCUT2D eigenvalue weighted by molar-refractivity contribution is 5.97. The van der Waals surface area contributed by atoms with Crippen LogP contribution in [0.25, 0.3) is 0 Å². The lowest BCUT2D eigenvalue weighted by Crippen LogP contribution is -2.47. The Kier molecular flexibility index (Phi) is 6.16. The summed E-state index contributed by atoms with van der Waals surface area (Å²) in [5.74, 6) is 0.598. The highest BCUT2D eigenvalue weighted by atomic mass is 16.3. The Hall–Kier alpha value is -2.78. The number of aliphatic hydroxyl groups is 1. The van der Waals surface area contributed by atoms with E-state index in [1.165, 1.54) is 16.7 Å². The van der Waals surface area contributed by atoms with E-state index in [2.05, 4.69) is 53.5 Å². The molecule has 0 aliphatic heterocycles. The van der Waals surface area contributed by atoms with Gasteiger partial charge in [-0.2, -0.15) is 0 Å². The molecule has 0 saturated heterocycles. The van der Waals surface area contributed by atoms with E-state index in [9.17, 15) is 9.90 Å².